The zero-order valence-corrected chi connectivity index (χ0v) is 21.3. The lowest BCUT2D eigenvalue weighted by atomic mass is 9.86. The second-order valence-corrected chi connectivity index (χ2v) is 10.0. The minimum Gasteiger partial charge on any atom is -0.494 e. The first-order chi connectivity index (χ1) is 18.0. The van der Waals surface area contributed by atoms with E-state index in [0.29, 0.717) is 42.2 Å². The molecule has 3 fully saturated rings. The molecular formula is C28H30FN7O. The summed E-state index contributed by atoms with van der Waals surface area (Å²) >= 11 is 0. The van der Waals surface area contributed by atoms with Gasteiger partial charge in [0.2, 0.25) is 0 Å². The number of halogens is 1. The Labute approximate surface area is 215 Å². The number of anilines is 1. The summed E-state index contributed by atoms with van der Waals surface area (Å²) in [5.74, 6) is 1.67. The van der Waals surface area contributed by atoms with Gasteiger partial charge in [-0.15, -0.1) is 0 Å². The number of benzene rings is 1. The van der Waals surface area contributed by atoms with Gasteiger partial charge in [-0.05, 0) is 50.6 Å². The van der Waals surface area contributed by atoms with Gasteiger partial charge in [0.25, 0.3) is 0 Å². The maximum absolute atomic E-state index is 14.7. The van der Waals surface area contributed by atoms with Gasteiger partial charge in [0.05, 0.1) is 18.5 Å². The van der Waals surface area contributed by atoms with E-state index in [1.54, 1.807) is 6.07 Å². The smallest absolute Gasteiger partial charge is 0.169 e. The molecule has 8 nitrogen and oxygen atoms in total. The maximum Gasteiger partial charge on any atom is 0.169 e. The van der Waals surface area contributed by atoms with Gasteiger partial charge >= 0.3 is 0 Å². The Balaban J connectivity index is 1.13. The molecule has 0 spiro atoms. The van der Waals surface area contributed by atoms with Crippen molar-refractivity contribution in [2.75, 3.05) is 25.1 Å². The van der Waals surface area contributed by atoms with Crippen LogP contribution in [0.5, 0.6) is 5.75 Å². The minimum atomic E-state index is -0.259. The molecule has 3 aromatic heterocycles. The highest BCUT2D eigenvalue weighted by molar-refractivity contribution is 5.57. The molecule has 1 aromatic carbocycles. The molecule has 4 aromatic rings. The third-order valence-electron chi connectivity index (χ3n) is 7.32. The van der Waals surface area contributed by atoms with Crippen LogP contribution in [-0.4, -0.2) is 62.3 Å². The Morgan fingerprint density at radius 3 is 2.59 bits per heavy atom. The van der Waals surface area contributed by atoms with Crippen molar-refractivity contribution in [2.45, 2.75) is 45.3 Å². The van der Waals surface area contributed by atoms with Crippen LogP contribution in [-0.2, 0) is 13.0 Å². The van der Waals surface area contributed by atoms with Crippen LogP contribution in [0.2, 0.25) is 0 Å². The number of ether oxygens (including phenoxy) is 1. The summed E-state index contributed by atoms with van der Waals surface area (Å²) in [6.45, 7) is 6.33. The third kappa shape index (κ3) is 4.67. The fourth-order valence-electron chi connectivity index (χ4n) is 5.47. The first kappa shape index (κ1) is 23.5. The van der Waals surface area contributed by atoms with E-state index in [1.165, 1.54) is 7.11 Å². The number of hydrogen-bond acceptors (Lipinski definition) is 7. The van der Waals surface area contributed by atoms with Crippen LogP contribution in [0.15, 0.2) is 48.7 Å². The molecule has 3 aliphatic rings. The number of piperidine rings is 1. The Morgan fingerprint density at radius 2 is 1.89 bits per heavy atom. The molecule has 190 valence electrons. The first-order valence-electron chi connectivity index (χ1n) is 12.6. The van der Waals surface area contributed by atoms with E-state index in [-0.39, 0.29) is 5.82 Å². The second-order valence-electron chi connectivity index (χ2n) is 10.0. The van der Waals surface area contributed by atoms with E-state index in [1.807, 2.05) is 50.4 Å². The number of pyridine rings is 1. The quantitative estimate of drug-likeness (QED) is 0.410. The molecule has 3 aliphatic heterocycles. The summed E-state index contributed by atoms with van der Waals surface area (Å²) in [5.41, 5.74) is 5.42. The van der Waals surface area contributed by atoms with Gasteiger partial charge in [-0.25, -0.2) is 19.3 Å². The second kappa shape index (κ2) is 9.55. The molecule has 0 radical (unpaired) electrons. The van der Waals surface area contributed by atoms with Crippen LogP contribution in [0.1, 0.15) is 34.8 Å². The standard InChI is InChI=1S/C28H30FN7O/c1-17-9-21(11-22-10-18(2)33-34-22)32-28(31-17)19-7-8-26(30-13-19)35-15-23-12-24(16-35)36(23)14-20-5-4-6-25(37-3)27(20)29/h4-10,13,23-24H,11-12,14-16H2,1-3H3,(H,33,34). The summed E-state index contributed by atoms with van der Waals surface area (Å²) in [7, 11) is 1.50. The van der Waals surface area contributed by atoms with Gasteiger partial charge in [-0.1, -0.05) is 12.1 Å². The largest absolute Gasteiger partial charge is 0.494 e. The van der Waals surface area contributed by atoms with Crippen LogP contribution in [0.4, 0.5) is 10.2 Å². The number of nitrogens with zero attached hydrogens (tertiary/aromatic N) is 6. The summed E-state index contributed by atoms with van der Waals surface area (Å²) in [6, 6.07) is 14.3. The van der Waals surface area contributed by atoms with Gasteiger partial charge in [-0.3, -0.25) is 10.00 Å². The van der Waals surface area contributed by atoms with Crippen LogP contribution in [0.25, 0.3) is 11.4 Å². The van der Waals surface area contributed by atoms with Crippen molar-refractivity contribution in [1.82, 2.24) is 30.0 Å². The number of H-pyrrole nitrogens is 1. The molecule has 2 unspecified atom stereocenters. The zero-order valence-electron chi connectivity index (χ0n) is 21.3. The summed E-state index contributed by atoms with van der Waals surface area (Å²) < 4.78 is 19.8. The Morgan fingerprint density at radius 1 is 1.05 bits per heavy atom. The number of piperazine rings is 1. The van der Waals surface area contributed by atoms with E-state index in [4.69, 9.17) is 14.7 Å². The Bertz CT molecular complexity index is 1410. The number of hydrogen-bond donors (Lipinski definition) is 1. The van der Waals surface area contributed by atoms with Crippen molar-refractivity contribution in [3.8, 4) is 17.1 Å². The number of aromatic amines is 1. The highest BCUT2D eigenvalue weighted by Gasteiger charge is 2.45. The summed E-state index contributed by atoms with van der Waals surface area (Å²) in [6.07, 6.45) is 3.64. The monoisotopic (exact) mass is 499 g/mol. The number of rotatable bonds is 7. The zero-order chi connectivity index (χ0) is 25.5. The predicted octanol–water partition coefficient (Wildman–Crippen LogP) is 4.08. The summed E-state index contributed by atoms with van der Waals surface area (Å²) in [4.78, 5) is 18.9. The molecule has 9 heteroatoms. The van der Waals surface area contributed by atoms with Crippen molar-refractivity contribution in [1.29, 1.82) is 0 Å². The molecule has 3 saturated heterocycles. The lowest BCUT2D eigenvalue weighted by Gasteiger charge is -2.56. The number of methoxy groups -OCH3 is 1. The van der Waals surface area contributed by atoms with Crippen molar-refractivity contribution in [3.63, 3.8) is 0 Å². The molecule has 37 heavy (non-hydrogen) atoms. The molecule has 0 saturated carbocycles. The molecule has 0 amide bonds. The van der Waals surface area contributed by atoms with Crippen LogP contribution >= 0.6 is 0 Å². The van der Waals surface area contributed by atoms with E-state index in [9.17, 15) is 4.39 Å². The van der Waals surface area contributed by atoms with Crippen LogP contribution < -0.4 is 9.64 Å². The van der Waals surface area contributed by atoms with Crippen molar-refractivity contribution < 1.29 is 9.13 Å². The SMILES string of the molecule is COc1cccc(CN2C3CC2CN(c2ccc(-c4nc(C)cc(Cc5cc(C)[nH]n5)n4)cn2)C3)c1F. The lowest BCUT2D eigenvalue weighted by Crippen LogP contribution is -2.68. The number of aromatic nitrogens is 5. The van der Waals surface area contributed by atoms with E-state index < -0.39 is 0 Å². The van der Waals surface area contributed by atoms with E-state index >= 15 is 0 Å². The highest BCUT2D eigenvalue weighted by Crippen LogP contribution is 2.36. The van der Waals surface area contributed by atoms with Crippen LogP contribution in [0.3, 0.4) is 0 Å². The van der Waals surface area contributed by atoms with Gasteiger partial charge in [0.1, 0.15) is 5.82 Å². The average Bonchev–Trinajstić information content (AvgIpc) is 3.32. The molecule has 2 atom stereocenters. The van der Waals surface area contributed by atoms with E-state index in [2.05, 4.69) is 31.0 Å². The predicted molar refractivity (Wildman–Crippen MR) is 139 cm³/mol. The Kier molecular flexibility index (Phi) is 6.08. The lowest BCUT2D eigenvalue weighted by molar-refractivity contribution is -0.00954. The van der Waals surface area contributed by atoms with Crippen molar-refractivity contribution in [2.24, 2.45) is 0 Å². The number of aryl methyl sites for hydroxylation is 2. The Hall–Kier alpha value is -3.85. The van der Waals surface area contributed by atoms with Crippen molar-refractivity contribution in [3.05, 3.63) is 82.8 Å². The number of nitrogens with one attached hydrogen (secondary N) is 1. The fourth-order valence-corrected chi connectivity index (χ4v) is 5.47. The van der Waals surface area contributed by atoms with Gasteiger partial charge in [-0.2, -0.15) is 5.10 Å². The van der Waals surface area contributed by atoms with Crippen molar-refractivity contribution >= 4 is 5.82 Å². The molecule has 2 bridgehead atoms. The fraction of sp³-hybridized carbons (Fsp3) is 0.357. The topological polar surface area (TPSA) is 83.1 Å². The third-order valence-corrected chi connectivity index (χ3v) is 7.32. The normalized spacial score (nSPS) is 19.1. The molecule has 1 N–H and O–H groups in total. The molecule has 0 aliphatic carbocycles. The summed E-state index contributed by atoms with van der Waals surface area (Å²) in [5, 5.41) is 7.31. The van der Waals surface area contributed by atoms with Gasteiger partial charge in [0.15, 0.2) is 17.4 Å². The number of fused-ring (bicyclic) bond motifs is 2. The minimum absolute atomic E-state index is 0.259. The first-order valence-corrected chi connectivity index (χ1v) is 12.6. The highest BCUT2D eigenvalue weighted by atomic mass is 19.1. The average molecular weight is 500 g/mol. The molecule has 6 heterocycles. The maximum atomic E-state index is 14.7. The van der Waals surface area contributed by atoms with Crippen LogP contribution in [0, 0.1) is 19.7 Å². The van der Waals surface area contributed by atoms with Gasteiger partial charge in [0, 0.05) is 66.9 Å². The van der Waals surface area contributed by atoms with Gasteiger partial charge < -0.3 is 9.64 Å². The van der Waals surface area contributed by atoms with E-state index in [0.717, 1.165) is 53.7 Å². The molecule has 7 rings (SSSR count). The molecular weight excluding hydrogens is 469 g/mol.